The van der Waals surface area contributed by atoms with Crippen molar-refractivity contribution >= 4 is 29.2 Å². The van der Waals surface area contributed by atoms with E-state index in [9.17, 15) is 22.8 Å². The summed E-state index contributed by atoms with van der Waals surface area (Å²) in [5.41, 5.74) is 2.82. The Balaban J connectivity index is 2.33. The third-order valence-electron chi connectivity index (χ3n) is 2.40. The SMILES string of the molecule is NC(=O)c1n[nH]nc1NC(=O)c1cc(C(F)(F)F)ncc1Cl. The second kappa shape index (κ2) is 5.60. The molecule has 0 spiro atoms. The first-order chi connectivity index (χ1) is 10.2. The molecule has 22 heavy (non-hydrogen) atoms. The number of aromatic nitrogens is 4. The fourth-order valence-electron chi connectivity index (χ4n) is 1.43. The highest BCUT2D eigenvalue weighted by Gasteiger charge is 2.33. The molecule has 12 heteroatoms. The smallest absolute Gasteiger partial charge is 0.364 e. The number of hydrogen-bond donors (Lipinski definition) is 3. The number of amides is 2. The number of pyridine rings is 1. The van der Waals surface area contributed by atoms with E-state index in [1.165, 1.54) is 0 Å². The number of nitrogens with zero attached hydrogens (tertiary/aromatic N) is 3. The quantitative estimate of drug-likeness (QED) is 0.778. The lowest BCUT2D eigenvalue weighted by molar-refractivity contribution is -0.141. The number of halogens is 4. The van der Waals surface area contributed by atoms with Crippen LogP contribution in [0.4, 0.5) is 19.0 Å². The Morgan fingerprint density at radius 2 is 2.00 bits per heavy atom. The van der Waals surface area contributed by atoms with Crippen LogP contribution >= 0.6 is 11.6 Å². The van der Waals surface area contributed by atoms with Gasteiger partial charge in [0.2, 0.25) is 0 Å². The molecule has 2 aromatic rings. The summed E-state index contributed by atoms with van der Waals surface area (Å²) in [6.07, 6.45) is -4.05. The zero-order valence-corrected chi connectivity index (χ0v) is 11.2. The minimum Gasteiger partial charge on any atom is -0.364 e. The molecule has 8 nitrogen and oxygen atoms in total. The monoisotopic (exact) mass is 334 g/mol. The van der Waals surface area contributed by atoms with Gasteiger partial charge in [0.15, 0.2) is 11.5 Å². The predicted octanol–water partition coefficient (Wildman–Crippen LogP) is 1.22. The maximum absolute atomic E-state index is 12.6. The number of rotatable bonds is 3. The molecule has 0 unspecified atom stereocenters. The van der Waals surface area contributed by atoms with Crippen molar-refractivity contribution in [3.8, 4) is 0 Å². The van der Waals surface area contributed by atoms with Crippen molar-refractivity contribution < 1.29 is 22.8 Å². The van der Waals surface area contributed by atoms with Crippen molar-refractivity contribution in [3.05, 3.63) is 34.2 Å². The molecule has 0 bridgehead atoms. The molecule has 0 saturated heterocycles. The van der Waals surface area contributed by atoms with Crippen LogP contribution in [0.2, 0.25) is 5.02 Å². The van der Waals surface area contributed by atoms with Crippen LogP contribution in [-0.4, -0.2) is 32.2 Å². The third-order valence-corrected chi connectivity index (χ3v) is 2.70. The maximum Gasteiger partial charge on any atom is 0.433 e. The number of carbonyl (C=O) groups excluding carboxylic acids is 2. The lowest BCUT2D eigenvalue weighted by Crippen LogP contribution is -2.19. The first-order valence-corrected chi connectivity index (χ1v) is 5.82. The number of anilines is 1. The van der Waals surface area contributed by atoms with Crippen molar-refractivity contribution in [2.45, 2.75) is 6.18 Å². The van der Waals surface area contributed by atoms with Crippen LogP contribution in [0, 0.1) is 0 Å². The number of alkyl halides is 3. The molecule has 2 heterocycles. The first kappa shape index (κ1) is 15.7. The van der Waals surface area contributed by atoms with Crippen molar-refractivity contribution in [1.82, 2.24) is 20.4 Å². The van der Waals surface area contributed by atoms with Gasteiger partial charge >= 0.3 is 6.18 Å². The minimum absolute atomic E-state index is 0.311. The van der Waals surface area contributed by atoms with Gasteiger partial charge in [0.1, 0.15) is 5.69 Å². The van der Waals surface area contributed by atoms with Gasteiger partial charge in [-0.05, 0) is 6.07 Å². The van der Waals surface area contributed by atoms with E-state index < -0.39 is 29.2 Å². The Labute approximate surface area is 124 Å². The number of nitrogens with one attached hydrogen (secondary N) is 2. The number of H-pyrrole nitrogens is 1. The largest absolute Gasteiger partial charge is 0.433 e. The summed E-state index contributed by atoms with van der Waals surface area (Å²) in [6.45, 7) is 0. The van der Waals surface area contributed by atoms with E-state index in [-0.39, 0.29) is 16.5 Å². The lowest BCUT2D eigenvalue weighted by Gasteiger charge is -2.09. The number of carbonyl (C=O) groups is 2. The molecule has 0 saturated carbocycles. The second-order valence-electron chi connectivity index (χ2n) is 3.89. The zero-order valence-electron chi connectivity index (χ0n) is 10.4. The van der Waals surface area contributed by atoms with Crippen LogP contribution in [0.5, 0.6) is 0 Å². The summed E-state index contributed by atoms with van der Waals surface area (Å²) in [5.74, 6) is -2.35. The molecular weight excluding hydrogens is 329 g/mol. The second-order valence-corrected chi connectivity index (χ2v) is 4.29. The van der Waals surface area contributed by atoms with Crippen molar-refractivity contribution in [2.75, 3.05) is 5.32 Å². The number of primary amides is 1. The summed E-state index contributed by atoms with van der Waals surface area (Å²) >= 11 is 5.66. The number of hydrogen-bond acceptors (Lipinski definition) is 5. The molecule has 0 fully saturated rings. The maximum atomic E-state index is 12.6. The normalized spacial score (nSPS) is 11.3. The zero-order chi connectivity index (χ0) is 16.5. The van der Waals surface area contributed by atoms with Crippen LogP contribution in [0.15, 0.2) is 12.3 Å². The number of nitrogens with two attached hydrogens (primary N) is 1. The van der Waals surface area contributed by atoms with Gasteiger partial charge in [0, 0.05) is 6.20 Å². The van der Waals surface area contributed by atoms with E-state index in [0.717, 1.165) is 0 Å². The molecule has 2 amide bonds. The van der Waals surface area contributed by atoms with E-state index >= 15 is 0 Å². The highest BCUT2D eigenvalue weighted by Crippen LogP contribution is 2.30. The fraction of sp³-hybridized carbons (Fsp3) is 0.100. The summed E-state index contributed by atoms with van der Waals surface area (Å²) in [4.78, 5) is 26.1. The van der Waals surface area contributed by atoms with Crippen molar-refractivity contribution in [1.29, 1.82) is 0 Å². The Morgan fingerprint density at radius 3 is 2.59 bits per heavy atom. The molecule has 0 aliphatic rings. The van der Waals surface area contributed by atoms with E-state index in [4.69, 9.17) is 17.3 Å². The molecule has 0 atom stereocenters. The van der Waals surface area contributed by atoms with Gasteiger partial charge in [-0.1, -0.05) is 11.6 Å². The minimum atomic E-state index is -4.74. The summed E-state index contributed by atoms with van der Waals surface area (Å²) < 4.78 is 37.8. The van der Waals surface area contributed by atoms with Crippen LogP contribution in [-0.2, 0) is 6.18 Å². The Kier molecular flexibility index (Phi) is 3.99. The van der Waals surface area contributed by atoms with Crippen LogP contribution in [0.3, 0.4) is 0 Å². The van der Waals surface area contributed by atoms with Gasteiger partial charge < -0.3 is 11.1 Å². The molecule has 4 N–H and O–H groups in total. The average Bonchev–Trinajstić information content (AvgIpc) is 2.86. The molecule has 0 aromatic carbocycles. The van der Waals surface area contributed by atoms with Gasteiger partial charge in [-0.2, -0.15) is 18.4 Å². The van der Waals surface area contributed by atoms with E-state index in [0.29, 0.717) is 12.3 Å². The van der Waals surface area contributed by atoms with Crippen molar-refractivity contribution in [3.63, 3.8) is 0 Å². The van der Waals surface area contributed by atoms with Gasteiger partial charge in [-0.3, -0.25) is 14.6 Å². The summed E-state index contributed by atoms with van der Waals surface area (Å²) in [6, 6.07) is 0.474. The average molecular weight is 335 g/mol. The van der Waals surface area contributed by atoms with E-state index in [1.807, 2.05) is 5.21 Å². The van der Waals surface area contributed by atoms with E-state index in [2.05, 4.69) is 20.5 Å². The molecule has 2 rings (SSSR count). The topological polar surface area (TPSA) is 127 Å². The highest BCUT2D eigenvalue weighted by molar-refractivity contribution is 6.34. The van der Waals surface area contributed by atoms with Crippen LogP contribution in [0.25, 0.3) is 0 Å². The van der Waals surface area contributed by atoms with Crippen molar-refractivity contribution in [2.24, 2.45) is 5.73 Å². The highest BCUT2D eigenvalue weighted by atomic mass is 35.5. The predicted molar refractivity (Wildman–Crippen MR) is 67.1 cm³/mol. The Hall–Kier alpha value is -2.69. The van der Waals surface area contributed by atoms with Crippen LogP contribution in [0.1, 0.15) is 26.5 Å². The molecule has 0 radical (unpaired) electrons. The van der Waals surface area contributed by atoms with E-state index in [1.54, 1.807) is 0 Å². The van der Waals surface area contributed by atoms with Gasteiger partial charge in [0.05, 0.1) is 10.6 Å². The molecule has 116 valence electrons. The summed E-state index contributed by atoms with van der Waals surface area (Å²) in [5, 5.41) is 10.7. The first-order valence-electron chi connectivity index (χ1n) is 5.45. The van der Waals surface area contributed by atoms with Gasteiger partial charge in [-0.15, -0.1) is 10.2 Å². The molecule has 2 aromatic heterocycles. The fourth-order valence-corrected chi connectivity index (χ4v) is 1.62. The number of aromatic amines is 1. The molecule has 0 aliphatic carbocycles. The standard InChI is InChI=1S/C10H6ClF3N6O2/c11-4-2-16-5(10(12,13)14)1-3(4)9(22)17-8-6(7(15)21)18-20-19-8/h1-2H,(H2,15,21)(H2,17,18,19,20,22). The molecule has 0 aliphatic heterocycles. The van der Waals surface area contributed by atoms with Gasteiger partial charge in [-0.25, -0.2) is 0 Å². The van der Waals surface area contributed by atoms with Crippen LogP contribution < -0.4 is 11.1 Å². The third kappa shape index (κ3) is 3.14. The van der Waals surface area contributed by atoms with Gasteiger partial charge in [0.25, 0.3) is 11.8 Å². The molecular formula is C10H6ClF3N6O2. The Morgan fingerprint density at radius 1 is 1.32 bits per heavy atom. The lowest BCUT2D eigenvalue weighted by atomic mass is 10.2. The summed E-state index contributed by atoms with van der Waals surface area (Å²) in [7, 11) is 0. The Bertz CT molecular complexity index is 745.